The minimum atomic E-state index is -0.422. The van der Waals surface area contributed by atoms with Gasteiger partial charge in [-0.25, -0.2) is 0 Å². The van der Waals surface area contributed by atoms with Crippen molar-refractivity contribution in [2.45, 2.75) is 0 Å². The molecule has 0 unspecified atom stereocenters. The molecule has 0 saturated heterocycles. The summed E-state index contributed by atoms with van der Waals surface area (Å²) in [6.45, 7) is 0. The Kier molecular flexibility index (Phi) is 3.80. The molecule has 0 spiro atoms. The summed E-state index contributed by atoms with van der Waals surface area (Å²) in [6, 6.07) is 31.9. The topological polar surface area (TPSA) is 13.1 Å². The third-order valence-corrected chi connectivity index (χ3v) is 8.32. The lowest BCUT2D eigenvalue weighted by Crippen LogP contribution is -1.92. The third kappa shape index (κ3) is 3.65. The molecule has 0 aliphatic rings. The standard InChI is InChI=1S/C42H26O/c1-2-12-27(13-3-1)41-34-15-4-6-17-36(34)42(37-18-7-5-16-35(37)41)33-22-11-20-30-29(19-10-21-31(30)33)28-24-25-40-38(26-28)32-14-8-9-23-39(32)43-40/h1-26H/i4D,5D,6D,7D,15D,16D,17D,18D. The molecule has 0 bridgehead atoms. The summed E-state index contributed by atoms with van der Waals surface area (Å²) in [5, 5.41) is 4.42. The molecule has 200 valence electrons. The zero-order valence-corrected chi connectivity index (χ0v) is 22.8. The number of rotatable bonds is 3. The zero-order valence-electron chi connectivity index (χ0n) is 30.8. The van der Waals surface area contributed by atoms with E-state index in [9.17, 15) is 5.48 Å². The molecular formula is C42H26O. The molecule has 8 aromatic carbocycles. The van der Waals surface area contributed by atoms with Crippen LogP contribution in [0.25, 0.3) is 87.6 Å². The normalized spacial score (nSPS) is 14.3. The van der Waals surface area contributed by atoms with Crippen LogP contribution in [0.4, 0.5) is 0 Å². The van der Waals surface area contributed by atoms with E-state index in [4.69, 9.17) is 9.90 Å². The van der Waals surface area contributed by atoms with Crippen LogP contribution >= 0.6 is 0 Å². The summed E-state index contributed by atoms with van der Waals surface area (Å²) in [5.41, 5.74) is 5.31. The SMILES string of the molecule is [2H]c1c([2H])c([2H])c2c(-c3cccc4c(-c5ccc6oc7ccccc7c6c5)cccc34)c3c([2H])c([2H])c([2H])c([2H])c3c(-c3ccccc3)c2c1[2H]. The Morgan fingerprint density at radius 1 is 0.372 bits per heavy atom. The van der Waals surface area contributed by atoms with Gasteiger partial charge in [0.1, 0.15) is 11.2 Å². The lowest BCUT2D eigenvalue weighted by molar-refractivity contribution is 0.669. The number of fused-ring (bicyclic) bond motifs is 6. The second-order valence-corrected chi connectivity index (χ2v) is 10.6. The van der Waals surface area contributed by atoms with Crippen molar-refractivity contribution >= 4 is 54.3 Å². The predicted molar refractivity (Wildman–Crippen MR) is 183 cm³/mol. The predicted octanol–water partition coefficient (Wildman–Crippen LogP) is 12.0. The van der Waals surface area contributed by atoms with Crippen LogP contribution in [0.5, 0.6) is 0 Å². The molecule has 0 saturated carbocycles. The average Bonchev–Trinajstić information content (AvgIpc) is 3.54. The smallest absolute Gasteiger partial charge is 0.135 e. The highest BCUT2D eigenvalue weighted by molar-refractivity contribution is 6.24. The van der Waals surface area contributed by atoms with Crippen molar-refractivity contribution in [1.29, 1.82) is 0 Å². The van der Waals surface area contributed by atoms with Crippen molar-refractivity contribution < 1.29 is 15.4 Å². The fourth-order valence-electron chi connectivity index (χ4n) is 6.46. The third-order valence-electron chi connectivity index (χ3n) is 8.32. The van der Waals surface area contributed by atoms with Crippen LogP contribution in [0.1, 0.15) is 11.0 Å². The summed E-state index contributed by atoms with van der Waals surface area (Å²) in [4.78, 5) is 0. The first-order valence-electron chi connectivity index (χ1n) is 18.1. The molecule has 43 heavy (non-hydrogen) atoms. The van der Waals surface area contributed by atoms with Gasteiger partial charge in [-0.3, -0.25) is 0 Å². The van der Waals surface area contributed by atoms with E-state index in [0.717, 1.165) is 43.8 Å². The molecule has 1 heterocycles. The average molecular weight is 555 g/mol. The van der Waals surface area contributed by atoms with Crippen molar-refractivity contribution in [3.63, 3.8) is 0 Å². The zero-order chi connectivity index (χ0) is 35.3. The molecule has 1 aromatic heterocycles. The van der Waals surface area contributed by atoms with Crippen molar-refractivity contribution in [3.8, 4) is 33.4 Å². The first-order chi connectivity index (χ1) is 24.7. The van der Waals surface area contributed by atoms with Gasteiger partial charge in [0.2, 0.25) is 0 Å². The molecule has 9 aromatic rings. The Hall–Kier alpha value is -5.66. The molecule has 0 N–H and O–H groups in total. The van der Waals surface area contributed by atoms with Gasteiger partial charge in [0.05, 0.1) is 11.0 Å². The Morgan fingerprint density at radius 3 is 1.65 bits per heavy atom. The van der Waals surface area contributed by atoms with Crippen molar-refractivity contribution in [1.82, 2.24) is 0 Å². The molecule has 0 amide bonds. The highest BCUT2D eigenvalue weighted by Gasteiger charge is 2.18. The van der Waals surface area contributed by atoms with Crippen LogP contribution in [0.2, 0.25) is 0 Å². The number of furan rings is 1. The quantitative estimate of drug-likeness (QED) is 0.198. The van der Waals surface area contributed by atoms with Crippen LogP contribution < -0.4 is 0 Å². The maximum atomic E-state index is 9.29. The number of hydrogen-bond donors (Lipinski definition) is 0. The molecule has 0 radical (unpaired) electrons. The van der Waals surface area contributed by atoms with Crippen LogP contribution in [-0.4, -0.2) is 0 Å². The first-order valence-corrected chi connectivity index (χ1v) is 14.1. The lowest BCUT2D eigenvalue weighted by atomic mass is 9.84. The Labute approximate surface area is 260 Å². The number of benzene rings is 8. The van der Waals surface area contributed by atoms with E-state index in [1.807, 2.05) is 78.9 Å². The maximum absolute atomic E-state index is 9.29. The van der Waals surface area contributed by atoms with E-state index < -0.39 is 24.2 Å². The van der Waals surface area contributed by atoms with Crippen LogP contribution in [-0.2, 0) is 0 Å². The van der Waals surface area contributed by atoms with Gasteiger partial charge in [0, 0.05) is 10.8 Å². The van der Waals surface area contributed by atoms with Gasteiger partial charge in [0.15, 0.2) is 0 Å². The van der Waals surface area contributed by atoms with Crippen LogP contribution in [0.3, 0.4) is 0 Å². The summed E-state index contributed by atoms with van der Waals surface area (Å²) in [7, 11) is 0. The van der Waals surface area contributed by atoms with Gasteiger partial charge >= 0.3 is 0 Å². The Balaban J connectivity index is 1.46. The highest BCUT2D eigenvalue weighted by Crippen LogP contribution is 2.46. The van der Waals surface area contributed by atoms with Crippen molar-refractivity contribution in [2.75, 3.05) is 0 Å². The molecule has 0 aliphatic carbocycles. The van der Waals surface area contributed by atoms with Gasteiger partial charge in [0.25, 0.3) is 0 Å². The van der Waals surface area contributed by atoms with Gasteiger partial charge in [-0.2, -0.15) is 0 Å². The Morgan fingerprint density at radius 2 is 0.930 bits per heavy atom. The van der Waals surface area contributed by atoms with Crippen molar-refractivity contribution in [3.05, 3.63) is 158 Å². The second-order valence-electron chi connectivity index (χ2n) is 10.6. The maximum Gasteiger partial charge on any atom is 0.135 e. The van der Waals surface area contributed by atoms with Crippen molar-refractivity contribution in [2.24, 2.45) is 0 Å². The first kappa shape index (κ1) is 17.3. The van der Waals surface area contributed by atoms with Gasteiger partial charge in [-0.1, -0.05) is 139 Å². The highest BCUT2D eigenvalue weighted by atomic mass is 16.3. The minimum Gasteiger partial charge on any atom is -0.456 e. The van der Waals surface area contributed by atoms with Gasteiger partial charge in [-0.05, 0) is 83.9 Å². The van der Waals surface area contributed by atoms with E-state index in [2.05, 4.69) is 6.07 Å². The molecule has 0 fully saturated rings. The summed E-state index contributed by atoms with van der Waals surface area (Å²) in [5.74, 6) is 0. The molecule has 0 atom stereocenters. The fourth-order valence-corrected chi connectivity index (χ4v) is 6.46. The molecule has 0 aliphatic heterocycles. The largest absolute Gasteiger partial charge is 0.456 e. The molecular weight excluding hydrogens is 520 g/mol. The number of para-hydroxylation sites is 1. The van der Waals surface area contributed by atoms with Crippen LogP contribution in [0.15, 0.2) is 162 Å². The van der Waals surface area contributed by atoms with E-state index >= 15 is 0 Å². The van der Waals surface area contributed by atoms with E-state index in [0.29, 0.717) is 22.3 Å². The van der Waals surface area contributed by atoms with E-state index in [1.54, 1.807) is 24.3 Å². The van der Waals surface area contributed by atoms with Gasteiger partial charge < -0.3 is 4.42 Å². The van der Waals surface area contributed by atoms with E-state index in [1.165, 1.54) is 0 Å². The van der Waals surface area contributed by atoms with Gasteiger partial charge in [-0.15, -0.1) is 0 Å². The summed E-state index contributed by atoms with van der Waals surface area (Å²) < 4.78 is 77.9. The lowest BCUT2D eigenvalue weighted by Gasteiger charge is -2.19. The molecule has 1 nitrogen and oxygen atoms in total. The molecule has 9 rings (SSSR count). The minimum absolute atomic E-state index is 0.196. The Bertz CT molecular complexity index is 2870. The van der Waals surface area contributed by atoms with Crippen LogP contribution in [0, 0.1) is 0 Å². The summed E-state index contributed by atoms with van der Waals surface area (Å²) in [6.07, 6.45) is 0. The van der Waals surface area contributed by atoms with E-state index in [-0.39, 0.29) is 45.7 Å². The fraction of sp³-hybridized carbons (Fsp3) is 0. The number of hydrogen-bond acceptors (Lipinski definition) is 1. The second kappa shape index (κ2) is 9.44. The monoisotopic (exact) mass is 554 g/mol. The molecule has 1 heteroatoms. The summed E-state index contributed by atoms with van der Waals surface area (Å²) >= 11 is 0.